The Labute approximate surface area is 97.6 Å². The molecule has 1 fully saturated rings. The van der Waals surface area contributed by atoms with Gasteiger partial charge in [-0.15, -0.1) is 0 Å². The van der Waals surface area contributed by atoms with Crippen LogP contribution in [0.4, 0.5) is 0 Å². The molecule has 90 valence electrons. The fraction of sp³-hybridized carbons (Fsp3) is 0.833. The van der Waals surface area contributed by atoms with E-state index in [1.807, 2.05) is 4.90 Å². The first kappa shape index (κ1) is 13.0. The molecule has 16 heavy (non-hydrogen) atoms. The van der Waals surface area contributed by atoms with Crippen LogP contribution in [0, 0.1) is 17.2 Å². The molecule has 1 heterocycles. The summed E-state index contributed by atoms with van der Waals surface area (Å²) >= 11 is 0. The molecule has 1 saturated heterocycles. The van der Waals surface area contributed by atoms with E-state index in [0.29, 0.717) is 12.0 Å². The van der Waals surface area contributed by atoms with E-state index in [1.165, 1.54) is 0 Å². The van der Waals surface area contributed by atoms with Crippen LogP contribution in [-0.4, -0.2) is 36.0 Å². The van der Waals surface area contributed by atoms with Crippen molar-refractivity contribution in [3.05, 3.63) is 0 Å². The van der Waals surface area contributed by atoms with Gasteiger partial charge in [0.25, 0.3) is 0 Å². The Morgan fingerprint density at radius 1 is 1.62 bits per heavy atom. The van der Waals surface area contributed by atoms with Crippen molar-refractivity contribution in [2.75, 3.05) is 13.1 Å². The zero-order valence-corrected chi connectivity index (χ0v) is 10.4. The summed E-state index contributed by atoms with van der Waals surface area (Å²) in [6, 6.07) is 2.07. The van der Waals surface area contributed by atoms with E-state index in [9.17, 15) is 4.79 Å². The molecule has 1 amide bonds. The molecule has 0 aromatic carbocycles. The minimum atomic E-state index is -0.318. The molecule has 4 heteroatoms. The van der Waals surface area contributed by atoms with Gasteiger partial charge in [-0.3, -0.25) is 4.79 Å². The van der Waals surface area contributed by atoms with Gasteiger partial charge in [0.05, 0.1) is 12.5 Å². The zero-order valence-electron chi connectivity index (χ0n) is 10.4. The van der Waals surface area contributed by atoms with Gasteiger partial charge in [-0.2, -0.15) is 5.26 Å². The highest BCUT2D eigenvalue weighted by atomic mass is 16.2. The number of nitrogens with one attached hydrogen (secondary N) is 1. The molecular weight excluding hydrogens is 202 g/mol. The Morgan fingerprint density at radius 3 is 2.88 bits per heavy atom. The van der Waals surface area contributed by atoms with E-state index in [0.717, 1.165) is 19.5 Å². The van der Waals surface area contributed by atoms with Crippen molar-refractivity contribution in [1.82, 2.24) is 10.2 Å². The van der Waals surface area contributed by atoms with E-state index in [4.69, 9.17) is 5.26 Å². The number of carbonyl (C=O) groups excluding carboxylic acids is 1. The van der Waals surface area contributed by atoms with Crippen molar-refractivity contribution in [3.8, 4) is 6.07 Å². The third-order valence-corrected chi connectivity index (χ3v) is 2.81. The first-order valence-corrected chi connectivity index (χ1v) is 5.96. The Hall–Kier alpha value is -1.08. The molecule has 4 nitrogen and oxygen atoms in total. The maximum Gasteiger partial charge on any atom is 0.240 e. The number of hydrogen-bond donors (Lipinski definition) is 1. The third-order valence-electron chi connectivity index (χ3n) is 2.81. The lowest BCUT2D eigenvalue weighted by Crippen LogP contribution is -2.45. The molecular formula is C12H21N3O. The molecule has 0 aromatic heterocycles. The molecule has 0 saturated carbocycles. The van der Waals surface area contributed by atoms with E-state index >= 15 is 0 Å². The summed E-state index contributed by atoms with van der Waals surface area (Å²) in [5, 5.41) is 11.9. The van der Waals surface area contributed by atoms with Gasteiger partial charge >= 0.3 is 0 Å². The van der Waals surface area contributed by atoms with E-state index in [-0.39, 0.29) is 18.4 Å². The lowest BCUT2D eigenvalue weighted by molar-refractivity contribution is -0.133. The van der Waals surface area contributed by atoms with Crippen molar-refractivity contribution >= 4 is 5.91 Å². The Kier molecular flexibility index (Phi) is 4.75. The lowest BCUT2D eigenvalue weighted by Gasteiger charge is -2.24. The largest absolute Gasteiger partial charge is 0.341 e. The number of nitrogens with zero attached hydrogens (tertiary/aromatic N) is 2. The van der Waals surface area contributed by atoms with Crippen LogP contribution >= 0.6 is 0 Å². The number of hydrogen-bond acceptors (Lipinski definition) is 3. The smallest absolute Gasteiger partial charge is 0.240 e. The van der Waals surface area contributed by atoms with E-state index in [2.05, 4.69) is 32.2 Å². The van der Waals surface area contributed by atoms with Crippen LogP contribution in [0.15, 0.2) is 0 Å². The predicted octanol–water partition coefficient (Wildman–Crippen LogP) is 1.14. The summed E-state index contributed by atoms with van der Waals surface area (Å²) in [6.07, 6.45) is 1.22. The van der Waals surface area contributed by atoms with Gasteiger partial charge < -0.3 is 10.2 Å². The van der Waals surface area contributed by atoms with Crippen LogP contribution in [0.3, 0.4) is 0 Å². The van der Waals surface area contributed by atoms with Gasteiger partial charge in [0.2, 0.25) is 5.91 Å². The molecule has 0 bridgehead atoms. The van der Waals surface area contributed by atoms with Crippen molar-refractivity contribution < 1.29 is 4.79 Å². The summed E-state index contributed by atoms with van der Waals surface area (Å²) in [4.78, 5) is 14.0. The first-order valence-electron chi connectivity index (χ1n) is 5.96. The monoisotopic (exact) mass is 223 g/mol. The van der Waals surface area contributed by atoms with Crippen molar-refractivity contribution in [1.29, 1.82) is 5.26 Å². The minimum absolute atomic E-state index is 0.0830. The third kappa shape index (κ3) is 3.49. The maximum absolute atomic E-state index is 12.1. The minimum Gasteiger partial charge on any atom is -0.341 e. The second kappa shape index (κ2) is 5.86. The summed E-state index contributed by atoms with van der Waals surface area (Å²) in [5.74, 6) is 0.555. The molecule has 2 atom stereocenters. The van der Waals surface area contributed by atoms with Crippen LogP contribution < -0.4 is 5.32 Å². The van der Waals surface area contributed by atoms with Gasteiger partial charge in [-0.05, 0) is 19.3 Å². The number of carbonyl (C=O) groups is 1. The average Bonchev–Trinajstić information content (AvgIpc) is 2.32. The summed E-state index contributed by atoms with van der Waals surface area (Å²) in [6.45, 7) is 7.86. The van der Waals surface area contributed by atoms with Gasteiger partial charge in [0.15, 0.2) is 0 Å². The Morgan fingerprint density at radius 2 is 2.31 bits per heavy atom. The van der Waals surface area contributed by atoms with Crippen LogP contribution in [-0.2, 0) is 4.79 Å². The van der Waals surface area contributed by atoms with Crippen molar-refractivity contribution in [3.63, 3.8) is 0 Å². The predicted molar refractivity (Wildman–Crippen MR) is 62.7 cm³/mol. The van der Waals surface area contributed by atoms with Crippen molar-refractivity contribution in [2.24, 2.45) is 5.92 Å². The van der Waals surface area contributed by atoms with Gasteiger partial charge in [-0.1, -0.05) is 13.8 Å². The average molecular weight is 223 g/mol. The van der Waals surface area contributed by atoms with Crippen molar-refractivity contribution in [2.45, 2.75) is 45.7 Å². The highest BCUT2D eigenvalue weighted by Crippen LogP contribution is 2.11. The Bertz CT molecular complexity index is 282. The number of amides is 1. The SMILES string of the molecule is CC(C)CN1CCC(C)NC(CC#N)C1=O. The number of rotatable bonds is 3. The highest BCUT2D eigenvalue weighted by molar-refractivity contribution is 5.82. The standard InChI is InChI=1S/C12H21N3O/c1-9(2)8-15-7-5-10(3)14-11(4-6-13)12(15)16/h9-11,14H,4-5,7-8H2,1-3H3. The second-order valence-electron chi connectivity index (χ2n) is 4.95. The molecule has 2 unspecified atom stereocenters. The maximum atomic E-state index is 12.1. The molecule has 1 N–H and O–H groups in total. The summed E-state index contributed by atoms with van der Waals surface area (Å²) < 4.78 is 0. The number of nitriles is 1. The molecule has 0 spiro atoms. The fourth-order valence-corrected chi connectivity index (χ4v) is 2.04. The quantitative estimate of drug-likeness (QED) is 0.780. The van der Waals surface area contributed by atoms with Crippen LogP contribution in [0.1, 0.15) is 33.6 Å². The molecule has 0 aromatic rings. The van der Waals surface area contributed by atoms with Crippen LogP contribution in [0.25, 0.3) is 0 Å². The second-order valence-corrected chi connectivity index (χ2v) is 4.95. The molecule has 1 aliphatic heterocycles. The molecule has 0 aliphatic carbocycles. The van der Waals surface area contributed by atoms with E-state index in [1.54, 1.807) is 0 Å². The fourth-order valence-electron chi connectivity index (χ4n) is 2.04. The van der Waals surface area contributed by atoms with Crippen LogP contribution in [0.2, 0.25) is 0 Å². The van der Waals surface area contributed by atoms with Gasteiger partial charge in [0.1, 0.15) is 6.04 Å². The summed E-state index contributed by atoms with van der Waals surface area (Å²) in [7, 11) is 0. The summed E-state index contributed by atoms with van der Waals surface area (Å²) in [5.41, 5.74) is 0. The van der Waals surface area contributed by atoms with Gasteiger partial charge in [-0.25, -0.2) is 0 Å². The molecule has 1 aliphatic rings. The normalized spacial score (nSPS) is 26.7. The zero-order chi connectivity index (χ0) is 12.1. The first-order chi connectivity index (χ1) is 7.54. The molecule has 0 radical (unpaired) electrons. The highest BCUT2D eigenvalue weighted by Gasteiger charge is 2.29. The topological polar surface area (TPSA) is 56.1 Å². The van der Waals surface area contributed by atoms with Crippen LogP contribution in [0.5, 0.6) is 0 Å². The Balaban J connectivity index is 2.71. The lowest BCUT2D eigenvalue weighted by atomic mass is 10.1. The van der Waals surface area contributed by atoms with Gasteiger partial charge in [0, 0.05) is 19.1 Å². The molecule has 1 rings (SSSR count). The van der Waals surface area contributed by atoms with E-state index < -0.39 is 0 Å².